The summed E-state index contributed by atoms with van der Waals surface area (Å²) < 4.78 is 1.11. The minimum atomic E-state index is -0.637. The standard InChI is InChI=1S/C13H18BrNO2S/c1-2-13(12(16)17)4-3-5-15(9-13)7-11-6-10(14)8-18-11/h6,8H,2-5,7,9H2,1H3,(H,16,17). The van der Waals surface area contributed by atoms with E-state index in [0.717, 1.165) is 30.4 Å². The van der Waals surface area contributed by atoms with E-state index in [-0.39, 0.29) is 0 Å². The van der Waals surface area contributed by atoms with Crippen LogP contribution in [0.2, 0.25) is 0 Å². The molecule has 1 atom stereocenters. The second-order valence-electron chi connectivity index (χ2n) is 4.98. The molecule has 1 aliphatic heterocycles. The quantitative estimate of drug-likeness (QED) is 0.916. The molecule has 1 unspecified atom stereocenters. The Morgan fingerprint density at radius 1 is 1.67 bits per heavy atom. The topological polar surface area (TPSA) is 40.5 Å². The number of carbonyl (C=O) groups is 1. The van der Waals surface area contributed by atoms with Crippen LogP contribution in [0.15, 0.2) is 15.9 Å². The Kier molecular flexibility index (Phi) is 4.45. The van der Waals surface area contributed by atoms with Crippen molar-refractivity contribution in [3.8, 4) is 0 Å². The number of carboxylic acid groups (broad SMARTS) is 1. The lowest BCUT2D eigenvalue weighted by Crippen LogP contribution is -2.47. The molecule has 1 N–H and O–H groups in total. The van der Waals surface area contributed by atoms with Crippen molar-refractivity contribution < 1.29 is 9.90 Å². The Morgan fingerprint density at radius 3 is 3.00 bits per heavy atom. The van der Waals surface area contributed by atoms with Crippen molar-refractivity contribution in [3.05, 3.63) is 20.8 Å². The summed E-state index contributed by atoms with van der Waals surface area (Å²) in [6.07, 6.45) is 2.50. The maximum absolute atomic E-state index is 11.5. The van der Waals surface area contributed by atoms with Crippen molar-refractivity contribution in [1.82, 2.24) is 4.90 Å². The molecule has 3 nitrogen and oxygen atoms in total. The Labute approximate surface area is 120 Å². The molecule has 2 rings (SSSR count). The molecule has 0 saturated carbocycles. The van der Waals surface area contributed by atoms with E-state index in [2.05, 4.69) is 32.3 Å². The van der Waals surface area contributed by atoms with Gasteiger partial charge in [0, 0.05) is 27.8 Å². The number of halogens is 1. The van der Waals surface area contributed by atoms with E-state index in [4.69, 9.17) is 0 Å². The molecule has 0 aromatic carbocycles. The van der Waals surface area contributed by atoms with Crippen molar-refractivity contribution in [1.29, 1.82) is 0 Å². The van der Waals surface area contributed by atoms with Gasteiger partial charge in [-0.2, -0.15) is 0 Å². The number of hydrogen-bond donors (Lipinski definition) is 1. The zero-order valence-corrected chi connectivity index (χ0v) is 12.9. The van der Waals surface area contributed by atoms with Crippen LogP contribution >= 0.6 is 27.3 Å². The highest BCUT2D eigenvalue weighted by Crippen LogP contribution is 2.34. The van der Waals surface area contributed by atoms with Gasteiger partial charge in [0.25, 0.3) is 0 Å². The first kappa shape index (κ1) is 14.0. The van der Waals surface area contributed by atoms with Crippen LogP contribution in [0.25, 0.3) is 0 Å². The zero-order valence-electron chi connectivity index (χ0n) is 10.5. The summed E-state index contributed by atoms with van der Waals surface area (Å²) in [7, 11) is 0. The van der Waals surface area contributed by atoms with Gasteiger partial charge in [0.05, 0.1) is 5.41 Å². The molecule has 0 aliphatic carbocycles. The largest absolute Gasteiger partial charge is 0.481 e. The lowest BCUT2D eigenvalue weighted by atomic mass is 9.77. The van der Waals surface area contributed by atoms with Gasteiger partial charge in [0.2, 0.25) is 0 Å². The van der Waals surface area contributed by atoms with Gasteiger partial charge in [-0.15, -0.1) is 11.3 Å². The highest BCUT2D eigenvalue weighted by molar-refractivity contribution is 9.10. The van der Waals surface area contributed by atoms with E-state index < -0.39 is 11.4 Å². The van der Waals surface area contributed by atoms with Crippen LogP contribution in [-0.4, -0.2) is 29.1 Å². The molecule has 100 valence electrons. The third-order valence-electron chi connectivity index (χ3n) is 3.79. The number of nitrogens with zero attached hydrogens (tertiary/aromatic N) is 1. The molecule has 18 heavy (non-hydrogen) atoms. The molecule has 1 aromatic heterocycles. The van der Waals surface area contributed by atoms with Crippen LogP contribution < -0.4 is 0 Å². The van der Waals surface area contributed by atoms with E-state index in [1.54, 1.807) is 11.3 Å². The predicted molar refractivity (Wildman–Crippen MR) is 76.9 cm³/mol. The van der Waals surface area contributed by atoms with Gasteiger partial charge in [-0.05, 0) is 47.8 Å². The highest BCUT2D eigenvalue weighted by Gasteiger charge is 2.40. The summed E-state index contributed by atoms with van der Waals surface area (Å²) in [4.78, 5) is 15.0. The molecule has 0 radical (unpaired) electrons. The van der Waals surface area contributed by atoms with Gasteiger partial charge >= 0.3 is 5.97 Å². The van der Waals surface area contributed by atoms with E-state index in [9.17, 15) is 9.90 Å². The summed E-state index contributed by atoms with van der Waals surface area (Å²) in [5.74, 6) is -0.637. The number of aliphatic carboxylic acids is 1. The fourth-order valence-corrected chi connectivity index (χ4v) is 4.13. The van der Waals surface area contributed by atoms with Crippen LogP contribution in [0.4, 0.5) is 0 Å². The van der Waals surface area contributed by atoms with Crippen LogP contribution in [-0.2, 0) is 11.3 Å². The molecule has 1 aromatic rings. The summed E-state index contributed by atoms with van der Waals surface area (Å²) in [6, 6.07) is 2.12. The molecule has 0 spiro atoms. The van der Waals surface area contributed by atoms with Crippen LogP contribution in [0.5, 0.6) is 0 Å². The average Bonchev–Trinajstić information content (AvgIpc) is 2.74. The van der Waals surface area contributed by atoms with Crippen LogP contribution in [0.1, 0.15) is 31.1 Å². The first-order valence-corrected chi connectivity index (χ1v) is 7.92. The van der Waals surface area contributed by atoms with Gasteiger partial charge < -0.3 is 5.11 Å². The minimum Gasteiger partial charge on any atom is -0.481 e. The molecule has 1 aliphatic rings. The van der Waals surface area contributed by atoms with E-state index >= 15 is 0 Å². The fraction of sp³-hybridized carbons (Fsp3) is 0.615. The second-order valence-corrected chi connectivity index (χ2v) is 6.90. The SMILES string of the molecule is CCC1(C(=O)O)CCCN(Cc2cc(Br)cs2)C1. The normalized spacial score (nSPS) is 25.2. The van der Waals surface area contributed by atoms with Crippen LogP contribution in [0.3, 0.4) is 0 Å². The smallest absolute Gasteiger partial charge is 0.310 e. The Balaban J connectivity index is 2.04. The molecule has 5 heteroatoms. The van der Waals surface area contributed by atoms with E-state index in [0.29, 0.717) is 13.0 Å². The highest BCUT2D eigenvalue weighted by atomic mass is 79.9. The van der Waals surface area contributed by atoms with Gasteiger partial charge in [0.1, 0.15) is 0 Å². The van der Waals surface area contributed by atoms with Crippen molar-refractivity contribution in [2.24, 2.45) is 5.41 Å². The number of thiophene rings is 1. The van der Waals surface area contributed by atoms with E-state index in [1.807, 2.05) is 6.92 Å². The lowest BCUT2D eigenvalue weighted by molar-refractivity contribution is -0.153. The zero-order chi connectivity index (χ0) is 13.2. The molecule has 1 saturated heterocycles. The van der Waals surface area contributed by atoms with Crippen molar-refractivity contribution in [3.63, 3.8) is 0 Å². The molecule has 1 fully saturated rings. The third-order valence-corrected chi connectivity index (χ3v) is 5.47. The Bertz CT molecular complexity index is 434. The van der Waals surface area contributed by atoms with Crippen molar-refractivity contribution >= 4 is 33.2 Å². The van der Waals surface area contributed by atoms with Crippen molar-refractivity contribution in [2.45, 2.75) is 32.7 Å². The molecule has 2 heterocycles. The first-order chi connectivity index (χ1) is 8.55. The van der Waals surface area contributed by atoms with Gasteiger partial charge in [0.15, 0.2) is 0 Å². The molecular formula is C13H18BrNO2S. The molecular weight excluding hydrogens is 314 g/mol. The summed E-state index contributed by atoms with van der Waals surface area (Å²) in [5, 5.41) is 11.5. The summed E-state index contributed by atoms with van der Waals surface area (Å²) >= 11 is 5.18. The van der Waals surface area contributed by atoms with Crippen molar-refractivity contribution in [2.75, 3.05) is 13.1 Å². The number of rotatable bonds is 4. The number of hydrogen-bond acceptors (Lipinski definition) is 3. The third kappa shape index (κ3) is 2.95. The maximum Gasteiger partial charge on any atom is 0.310 e. The molecule has 0 bridgehead atoms. The number of piperidine rings is 1. The Hall–Kier alpha value is -0.390. The second kappa shape index (κ2) is 5.72. The Morgan fingerprint density at radius 2 is 2.44 bits per heavy atom. The minimum absolute atomic E-state index is 0.535. The summed E-state index contributed by atoms with van der Waals surface area (Å²) in [6.45, 7) is 4.53. The average molecular weight is 332 g/mol. The van der Waals surface area contributed by atoms with Gasteiger partial charge in [-0.1, -0.05) is 6.92 Å². The lowest BCUT2D eigenvalue weighted by Gasteiger charge is -2.39. The maximum atomic E-state index is 11.5. The fourth-order valence-electron chi connectivity index (χ4n) is 2.63. The first-order valence-electron chi connectivity index (χ1n) is 6.24. The monoisotopic (exact) mass is 331 g/mol. The van der Waals surface area contributed by atoms with Gasteiger partial charge in [-0.3, -0.25) is 9.69 Å². The van der Waals surface area contributed by atoms with Gasteiger partial charge in [-0.25, -0.2) is 0 Å². The van der Waals surface area contributed by atoms with Crippen LogP contribution in [0, 0.1) is 5.41 Å². The number of likely N-dealkylation sites (tertiary alicyclic amines) is 1. The number of carboxylic acids is 1. The summed E-state index contributed by atoms with van der Waals surface area (Å²) in [5.41, 5.74) is -0.535. The van der Waals surface area contributed by atoms with E-state index in [1.165, 1.54) is 4.88 Å². The predicted octanol–water partition coefficient (Wildman–Crippen LogP) is 3.59. The molecule has 0 amide bonds.